The average molecular weight is 1100 g/mol. The van der Waals surface area contributed by atoms with Gasteiger partial charge in [-0.05, 0) is 132 Å². The number of carbonyl (C=O) groups is 2. The van der Waals surface area contributed by atoms with Crippen LogP contribution in [0.15, 0.2) is 79.9 Å². The third-order valence-corrected chi connectivity index (χ3v) is 12.8. The topological polar surface area (TPSA) is 135 Å². The third kappa shape index (κ3) is 27.1. The van der Waals surface area contributed by atoms with E-state index in [4.69, 9.17) is 25.1 Å². The quantitative estimate of drug-likeness (QED) is 0.0212. The van der Waals surface area contributed by atoms with Gasteiger partial charge in [-0.3, -0.25) is 14.9 Å². The van der Waals surface area contributed by atoms with Gasteiger partial charge in [0, 0.05) is 65.5 Å². The molecule has 14 heteroatoms. The maximum Gasteiger partial charge on any atom is 0.406 e. The Balaban J connectivity index is 0. The van der Waals surface area contributed by atoms with E-state index in [9.17, 15) is 22.8 Å². The summed E-state index contributed by atoms with van der Waals surface area (Å²) in [6, 6.07) is 8.96. The van der Waals surface area contributed by atoms with E-state index in [1.807, 2.05) is 108 Å². The lowest BCUT2D eigenvalue weighted by Crippen LogP contribution is -2.55. The van der Waals surface area contributed by atoms with Crippen molar-refractivity contribution in [2.75, 3.05) is 26.8 Å². The molecule has 1 aliphatic heterocycles. The number of likely N-dealkylation sites (tertiary alicyclic amines) is 1. The van der Waals surface area contributed by atoms with Crippen LogP contribution < -0.4 is 10.9 Å². The van der Waals surface area contributed by atoms with Gasteiger partial charge in [0.25, 0.3) is 5.91 Å². The van der Waals surface area contributed by atoms with Crippen molar-refractivity contribution in [3.63, 3.8) is 0 Å². The fraction of sp³-hybridized carbons (Fsp3) is 0.603. The number of ether oxygens (including phenoxy) is 3. The number of nitrogens with zero attached hydrogens (tertiary/aromatic N) is 3. The van der Waals surface area contributed by atoms with Gasteiger partial charge in [-0.15, -0.1) is 6.58 Å². The van der Waals surface area contributed by atoms with Crippen molar-refractivity contribution in [2.45, 2.75) is 199 Å². The molecule has 3 unspecified atom stereocenters. The Morgan fingerprint density at radius 1 is 0.974 bits per heavy atom. The van der Waals surface area contributed by atoms with Crippen LogP contribution in [0.5, 0.6) is 0 Å². The number of allylic oxidation sites excluding steroid dienone is 2. The molecule has 2 aromatic heterocycles. The van der Waals surface area contributed by atoms with Gasteiger partial charge in [0.15, 0.2) is 0 Å². The van der Waals surface area contributed by atoms with E-state index in [2.05, 4.69) is 64.3 Å². The Morgan fingerprint density at radius 3 is 2.12 bits per heavy atom. The summed E-state index contributed by atoms with van der Waals surface area (Å²) in [5.41, 5.74) is 10.7. The van der Waals surface area contributed by atoms with Crippen LogP contribution in [0.1, 0.15) is 186 Å². The van der Waals surface area contributed by atoms with E-state index in [0.29, 0.717) is 76.9 Å². The number of carbonyl (C=O) groups excluding carboxylic acids is 2. The number of hydrogen-bond acceptors (Lipinski definition) is 9. The number of hydrogen-bond donors (Lipinski definition) is 2. The molecule has 10 nitrogen and oxygen atoms in total. The van der Waals surface area contributed by atoms with E-state index in [1.165, 1.54) is 4.57 Å². The molecule has 4 rings (SSSR count). The SMILES string of the molecule is C=C(N)C(COC1CN(C(=O)C#CC(C)(C)C)C1)C(C)C.C=CCCC(C)(C)Cc1c(-c2cccnc2C(C)OC)n(CC(F)(F)F)c2ccc(C(=C)O/C=C(\C)CCCCCC(C=O)SN)cc12.CC.CC.CC.CC. The highest BCUT2D eigenvalue weighted by atomic mass is 32.2. The molecule has 0 bridgehead atoms. The number of pyridine rings is 1. The molecule has 1 aliphatic rings. The molecule has 0 aliphatic carbocycles. The summed E-state index contributed by atoms with van der Waals surface area (Å²) in [6.07, 6.45) is 7.84. The van der Waals surface area contributed by atoms with Crippen LogP contribution in [-0.4, -0.2) is 71.0 Å². The van der Waals surface area contributed by atoms with Crippen LogP contribution in [0.25, 0.3) is 27.9 Å². The van der Waals surface area contributed by atoms with Gasteiger partial charge >= 0.3 is 6.18 Å². The van der Waals surface area contributed by atoms with E-state index < -0.39 is 18.8 Å². The summed E-state index contributed by atoms with van der Waals surface area (Å²) < 4.78 is 61.5. The Labute approximate surface area is 469 Å². The zero-order valence-electron chi connectivity index (χ0n) is 50.8. The number of benzene rings is 1. The number of methoxy groups -OCH3 is 1. The average Bonchev–Trinajstić information content (AvgIpc) is 3.66. The lowest BCUT2D eigenvalue weighted by Gasteiger charge is -2.38. The summed E-state index contributed by atoms with van der Waals surface area (Å²) >= 11 is 1.08. The van der Waals surface area contributed by atoms with Crippen LogP contribution in [0, 0.1) is 34.5 Å². The molecule has 1 amide bonds. The number of halogens is 3. The second-order valence-corrected chi connectivity index (χ2v) is 21.1. The molecule has 77 heavy (non-hydrogen) atoms. The van der Waals surface area contributed by atoms with Crippen molar-refractivity contribution in [3.8, 4) is 23.1 Å². The van der Waals surface area contributed by atoms with Crippen molar-refractivity contribution < 1.29 is 37.0 Å². The molecule has 1 aromatic carbocycles. The number of amides is 1. The highest BCUT2D eigenvalue weighted by Gasteiger charge is 2.35. The van der Waals surface area contributed by atoms with Crippen LogP contribution in [0.2, 0.25) is 0 Å². The molecule has 1 saturated heterocycles. The number of unbranched alkanes of at least 4 members (excludes halogenated alkanes) is 2. The summed E-state index contributed by atoms with van der Waals surface area (Å²) in [4.78, 5) is 29.1. The number of nitrogens with two attached hydrogens (primary N) is 2. The van der Waals surface area contributed by atoms with Gasteiger partial charge < -0.3 is 34.2 Å². The Bertz CT molecular complexity index is 2300. The van der Waals surface area contributed by atoms with Crippen LogP contribution in [0.4, 0.5) is 13.2 Å². The number of alkyl halides is 3. The Morgan fingerprint density at radius 2 is 1.60 bits per heavy atom. The van der Waals surface area contributed by atoms with Crippen molar-refractivity contribution in [3.05, 3.63) is 96.7 Å². The molecule has 3 heterocycles. The second kappa shape index (κ2) is 38.7. The van der Waals surface area contributed by atoms with E-state index in [-0.39, 0.29) is 34.0 Å². The van der Waals surface area contributed by atoms with Crippen molar-refractivity contribution >= 4 is 40.8 Å². The molecule has 0 saturated carbocycles. The molecular formula is C63H102F3N5O5S. The molecule has 1 fully saturated rings. The lowest BCUT2D eigenvalue weighted by atomic mass is 9.80. The van der Waals surface area contributed by atoms with Gasteiger partial charge in [0.1, 0.15) is 18.6 Å². The zero-order valence-corrected chi connectivity index (χ0v) is 51.6. The standard InChI is InChI=1S/C38H50F3N3O3S.C17H28N2O2.4C2H6/c1-8-9-19-37(5,6)22-33-32-21-29(27(3)47-24-26(2)14-11-10-12-15-30(23-45)48-42)17-18-34(32)44(25-38(39,40)41)36(33)31-16-13-20-43-35(31)28(4)46-7;1-12(2)15(13(3)18)11-21-14-9-19(10-14)16(20)7-8-17(4,5)6;4*1-2/h8,13,16-18,20-21,23-24,28,30H,1,3,9-12,14-15,19,22,25,42H2,2,4-7H3;12,14-15H,3,9-11,18H2,1-2,4-6H3;4*1-2H3/b26-24+;;;;;. The molecule has 3 atom stereocenters. The van der Waals surface area contributed by atoms with Crippen molar-refractivity contribution in [1.82, 2.24) is 14.5 Å². The Kier molecular flexibility index (Phi) is 37.3. The summed E-state index contributed by atoms with van der Waals surface area (Å²) in [6.45, 7) is 46.7. The lowest BCUT2D eigenvalue weighted by molar-refractivity contribution is -0.140. The molecular weight excluding hydrogens is 996 g/mol. The fourth-order valence-corrected chi connectivity index (χ4v) is 8.30. The maximum absolute atomic E-state index is 14.3. The molecule has 0 spiro atoms. The monoisotopic (exact) mass is 1100 g/mol. The summed E-state index contributed by atoms with van der Waals surface area (Å²) in [7, 11) is 1.56. The zero-order chi connectivity index (χ0) is 59.7. The van der Waals surface area contributed by atoms with E-state index >= 15 is 0 Å². The highest BCUT2D eigenvalue weighted by Crippen LogP contribution is 2.43. The summed E-state index contributed by atoms with van der Waals surface area (Å²) in [5, 5.41) is 6.08. The number of fused-ring (bicyclic) bond motifs is 1. The largest absolute Gasteiger partial charge is 0.465 e. The number of rotatable bonds is 25. The first kappa shape index (κ1) is 74.3. The number of aldehydes is 1. The van der Waals surface area contributed by atoms with E-state index in [1.54, 1.807) is 42.7 Å². The van der Waals surface area contributed by atoms with Gasteiger partial charge in [0.2, 0.25) is 0 Å². The van der Waals surface area contributed by atoms with Crippen LogP contribution in [-0.2, 0) is 36.8 Å². The Hall–Kier alpha value is -4.81. The first-order chi connectivity index (χ1) is 36.3. The predicted octanol–water partition coefficient (Wildman–Crippen LogP) is 16.6. The van der Waals surface area contributed by atoms with Crippen molar-refractivity contribution in [1.29, 1.82) is 0 Å². The minimum absolute atomic E-state index is 0.0889. The molecule has 0 radical (unpaired) electrons. The van der Waals surface area contributed by atoms with Crippen LogP contribution in [0.3, 0.4) is 0 Å². The second-order valence-electron chi connectivity index (χ2n) is 20.2. The first-order valence-corrected chi connectivity index (χ1v) is 28.8. The summed E-state index contributed by atoms with van der Waals surface area (Å²) in [5.74, 6) is 6.50. The fourth-order valence-electron chi connectivity index (χ4n) is 7.93. The molecule has 3 aromatic rings. The van der Waals surface area contributed by atoms with Gasteiger partial charge in [-0.25, -0.2) is 0 Å². The first-order valence-electron chi connectivity index (χ1n) is 27.9. The smallest absolute Gasteiger partial charge is 0.406 e. The molecule has 436 valence electrons. The van der Waals surface area contributed by atoms with Gasteiger partial charge in [0.05, 0.1) is 41.7 Å². The predicted molar refractivity (Wildman–Crippen MR) is 323 cm³/mol. The number of aromatic nitrogens is 2. The highest BCUT2D eigenvalue weighted by molar-refractivity contribution is 7.98. The van der Waals surface area contributed by atoms with Gasteiger partial charge in [-0.2, -0.15) is 13.2 Å². The van der Waals surface area contributed by atoms with E-state index in [0.717, 1.165) is 74.3 Å². The minimum atomic E-state index is -4.46. The minimum Gasteiger partial charge on any atom is -0.465 e. The normalized spacial score (nSPS) is 13.5. The van der Waals surface area contributed by atoms with Crippen LogP contribution >= 0.6 is 11.9 Å². The van der Waals surface area contributed by atoms with Gasteiger partial charge in [-0.1, -0.05) is 133 Å². The van der Waals surface area contributed by atoms with Crippen molar-refractivity contribution in [2.24, 2.45) is 33.5 Å². The maximum atomic E-state index is 14.3. The molecule has 4 N–H and O–H groups in total. The third-order valence-electron chi connectivity index (χ3n) is 12.1.